The van der Waals surface area contributed by atoms with E-state index in [1.54, 1.807) is 7.11 Å². The summed E-state index contributed by atoms with van der Waals surface area (Å²) >= 11 is 0. The number of halogens is 3. The lowest BCUT2D eigenvalue weighted by atomic mass is 9.94. The summed E-state index contributed by atoms with van der Waals surface area (Å²) in [5, 5.41) is 5.51. The summed E-state index contributed by atoms with van der Waals surface area (Å²) in [5.41, 5.74) is 2.76. The van der Waals surface area contributed by atoms with E-state index in [4.69, 9.17) is 4.74 Å². The van der Waals surface area contributed by atoms with Gasteiger partial charge in [-0.05, 0) is 64.7 Å². The van der Waals surface area contributed by atoms with Crippen molar-refractivity contribution in [1.82, 2.24) is 10.3 Å². The van der Waals surface area contributed by atoms with E-state index in [9.17, 15) is 13.2 Å². The van der Waals surface area contributed by atoms with E-state index in [1.165, 1.54) is 12.3 Å². The molecule has 0 saturated carbocycles. The van der Waals surface area contributed by atoms with Crippen molar-refractivity contribution in [2.75, 3.05) is 7.11 Å². The van der Waals surface area contributed by atoms with Gasteiger partial charge in [0.15, 0.2) is 0 Å². The van der Waals surface area contributed by atoms with Crippen LogP contribution >= 0.6 is 0 Å². The smallest absolute Gasteiger partial charge is 0.433 e. The Morgan fingerprint density at radius 1 is 0.969 bits per heavy atom. The zero-order valence-corrected chi connectivity index (χ0v) is 17.8. The number of nitrogens with zero attached hydrogens (tertiary/aromatic N) is 1. The van der Waals surface area contributed by atoms with Crippen molar-refractivity contribution >= 4 is 10.8 Å². The van der Waals surface area contributed by atoms with Gasteiger partial charge in [-0.15, -0.1) is 0 Å². The first-order valence-electron chi connectivity index (χ1n) is 10.3. The lowest BCUT2D eigenvalue weighted by Gasteiger charge is -2.18. The molecule has 0 bridgehead atoms. The minimum atomic E-state index is -4.46. The summed E-state index contributed by atoms with van der Waals surface area (Å²) in [6, 6.07) is 22.4. The molecule has 4 aromatic rings. The molecule has 0 saturated heterocycles. The fourth-order valence-electron chi connectivity index (χ4n) is 3.71. The van der Waals surface area contributed by atoms with Gasteiger partial charge in [0.25, 0.3) is 0 Å². The van der Waals surface area contributed by atoms with Gasteiger partial charge >= 0.3 is 6.18 Å². The average molecular weight is 436 g/mol. The van der Waals surface area contributed by atoms with Crippen LogP contribution in [0.5, 0.6) is 5.75 Å². The number of aromatic nitrogens is 1. The Bertz CT molecular complexity index is 1220. The summed E-state index contributed by atoms with van der Waals surface area (Å²) in [6.07, 6.45) is -3.16. The Morgan fingerprint density at radius 3 is 2.50 bits per heavy atom. The molecule has 164 valence electrons. The average Bonchev–Trinajstić information content (AvgIpc) is 2.81. The number of rotatable bonds is 6. The molecule has 3 aromatic carbocycles. The predicted molar refractivity (Wildman–Crippen MR) is 120 cm³/mol. The molecule has 0 amide bonds. The SMILES string of the molecule is COc1cccc(CNC(C)c2cc(-c3ccc(C(F)(F)F)nc3)c3ccccc3c2)c1. The molecule has 4 rings (SSSR count). The highest BCUT2D eigenvalue weighted by Crippen LogP contribution is 2.34. The third-order valence-electron chi connectivity index (χ3n) is 5.50. The number of alkyl halides is 3. The molecular formula is C26H23F3N2O. The molecule has 3 nitrogen and oxygen atoms in total. The minimum Gasteiger partial charge on any atom is -0.497 e. The topological polar surface area (TPSA) is 34.1 Å². The quantitative estimate of drug-likeness (QED) is 0.362. The Labute approximate surface area is 184 Å². The van der Waals surface area contributed by atoms with Crippen molar-refractivity contribution in [2.24, 2.45) is 0 Å². The van der Waals surface area contributed by atoms with E-state index in [0.29, 0.717) is 12.1 Å². The van der Waals surface area contributed by atoms with Crippen LogP contribution in [0, 0.1) is 0 Å². The molecule has 1 unspecified atom stereocenters. The Hall–Kier alpha value is -3.38. The third-order valence-corrected chi connectivity index (χ3v) is 5.50. The van der Waals surface area contributed by atoms with E-state index < -0.39 is 11.9 Å². The van der Waals surface area contributed by atoms with Gasteiger partial charge in [0.1, 0.15) is 11.4 Å². The van der Waals surface area contributed by atoms with Crippen molar-refractivity contribution in [3.63, 3.8) is 0 Å². The second-order valence-electron chi connectivity index (χ2n) is 7.67. The maximum Gasteiger partial charge on any atom is 0.433 e. The number of pyridine rings is 1. The minimum absolute atomic E-state index is 0.0203. The van der Waals surface area contributed by atoms with E-state index >= 15 is 0 Å². The number of ether oxygens (including phenoxy) is 1. The van der Waals surface area contributed by atoms with Crippen LogP contribution in [0.3, 0.4) is 0 Å². The molecular weight excluding hydrogens is 413 g/mol. The van der Waals surface area contributed by atoms with Gasteiger partial charge in [-0.2, -0.15) is 13.2 Å². The zero-order valence-electron chi connectivity index (χ0n) is 17.8. The summed E-state index contributed by atoms with van der Waals surface area (Å²) in [4.78, 5) is 3.65. The van der Waals surface area contributed by atoms with E-state index in [-0.39, 0.29) is 6.04 Å². The normalized spacial score (nSPS) is 12.7. The lowest BCUT2D eigenvalue weighted by Crippen LogP contribution is -2.18. The maximum absolute atomic E-state index is 12.9. The fraction of sp³-hybridized carbons (Fsp3) is 0.192. The number of methoxy groups -OCH3 is 1. The molecule has 1 aromatic heterocycles. The van der Waals surface area contributed by atoms with Gasteiger partial charge in [0, 0.05) is 24.3 Å². The Kier molecular flexibility index (Phi) is 6.15. The van der Waals surface area contributed by atoms with Crippen molar-refractivity contribution in [3.8, 4) is 16.9 Å². The highest BCUT2D eigenvalue weighted by Gasteiger charge is 2.32. The van der Waals surface area contributed by atoms with Crippen molar-refractivity contribution in [2.45, 2.75) is 25.7 Å². The molecule has 1 heterocycles. The molecule has 0 aliphatic rings. The van der Waals surface area contributed by atoms with Gasteiger partial charge in [-0.25, -0.2) is 0 Å². The van der Waals surface area contributed by atoms with Gasteiger partial charge in [-0.3, -0.25) is 4.98 Å². The van der Waals surface area contributed by atoms with Gasteiger partial charge in [-0.1, -0.05) is 42.5 Å². The molecule has 6 heteroatoms. The molecule has 0 aliphatic heterocycles. The van der Waals surface area contributed by atoms with Crippen LogP contribution in [0.2, 0.25) is 0 Å². The first-order chi connectivity index (χ1) is 15.3. The van der Waals surface area contributed by atoms with Crippen LogP contribution in [0.4, 0.5) is 13.2 Å². The van der Waals surface area contributed by atoms with Crippen LogP contribution in [0.1, 0.15) is 29.8 Å². The molecule has 1 atom stereocenters. The largest absolute Gasteiger partial charge is 0.497 e. The third kappa shape index (κ3) is 4.75. The molecule has 32 heavy (non-hydrogen) atoms. The molecule has 0 radical (unpaired) electrons. The number of hydrogen-bond acceptors (Lipinski definition) is 3. The standard InChI is InChI=1S/C26H23F3N2O/c1-17(30-15-18-6-5-8-22(12-18)32-2)21-13-19-7-3-4-9-23(19)24(14-21)20-10-11-25(31-16-20)26(27,28)29/h3-14,16-17,30H,15H2,1-2H3. The summed E-state index contributed by atoms with van der Waals surface area (Å²) in [5.74, 6) is 0.805. The molecule has 0 aliphatic carbocycles. The van der Waals surface area contributed by atoms with Crippen LogP contribution in [0.25, 0.3) is 21.9 Å². The van der Waals surface area contributed by atoms with Crippen LogP contribution in [-0.4, -0.2) is 12.1 Å². The lowest BCUT2D eigenvalue weighted by molar-refractivity contribution is -0.141. The maximum atomic E-state index is 12.9. The molecule has 1 N–H and O–H groups in total. The van der Waals surface area contributed by atoms with Crippen LogP contribution in [-0.2, 0) is 12.7 Å². The second-order valence-corrected chi connectivity index (χ2v) is 7.67. The predicted octanol–water partition coefficient (Wildman–Crippen LogP) is 6.78. The highest BCUT2D eigenvalue weighted by atomic mass is 19.4. The van der Waals surface area contributed by atoms with Crippen molar-refractivity contribution in [3.05, 3.63) is 95.8 Å². The van der Waals surface area contributed by atoms with Gasteiger partial charge in [0.05, 0.1) is 7.11 Å². The van der Waals surface area contributed by atoms with Crippen molar-refractivity contribution in [1.29, 1.82) is 0 Å². The number of nitrogens with one attached hydrogen (secondary N) is 1. The van der Waals surface area contributed by atoms with Crippen LogP contribution in [0.15, 0.2) is 79.0 Å². The van der Waals surface area contributed by atoms with Crippen LogP contribution < -0.4 is 10.1 Å². The zero-order chi connectivity index (χ0) is 22.7. The monoisotopic (exact) mass is 436 g/mol. The number of hydrogen-bond donors (Lipinski definition) is 1. The van der Waals surface area contributed by atoms with E-state index in [0.717, 1.165) is 39.3 Å². The number of benzene rings is 3. The Morgan fingerprint density at radius 2 is 1.78 bits per heavy atom. The first-order valence-corrected chi connectivity index (χ1v) is 10.3. The van der Waals surface area contributed by atoms with E-state index in [2.05, 4.69) is 23.3 Å². The first kappa shape index (κ1) is 21.8. The Balaban J connectivity index is 1.65. The number of fused-ring (bicyclic) bond motifs is 1. The summed E-state index contributed by atoms with van der Waals surface area (Å²) in [6.45, 7) is 2.72. The molecule has 0 spiro atoms. The van der Waals surface area contributed by atoms with Gasteiger partial charge < -0.3 is 10.1 Å². The summed E-state index contributed by atoms with van der Waals surface area (Å²) < 4.78 is 44.1. The van der Waals surface area contributed by atoms with E-state index in [1.807, 2.05) is 54.6 Å². The summed E-state index contributed by atoms with van der Waals surface area (Å²) in [7, 11) is 1.64. The van der Waals surface area contributed by atoms with Gasteiger partial charge in [0.2, 0.25) is 0 Å². The molecule has 0 fully saturated rings. The van der Waals surface area contributed by atoms with Crippen molar-refractivity contribution < 1.29 is 17.9 Å². The highest BCUT2D eigenvalue weighted by molar-refractivity contribution is 5.97. The fourth-order valence-corrected chi connectivity index (χ4v) is 3.71. The second kappa shape index (κ2) is 9.01.